The number of aromatic nitrogens is 5. The van der Waals surface area contributed by atoms with Crippen LogP contribution in [0, 0.1) is 17.8 Å². The molecule has 2 aliphatic rings. The molecule has 174 valence electrons. The Morgan fingerprint density at radius 1 is 1.06 bits per heavy atom. The molecule has 10 heteroatoms. The summed E-state index contributed by atoms with van der Waals surface area (Å²) < 4.78 is 28.9. The third-order valence-corrected chi connectivity index (χ3v) is 7.78. The lowest BCUT2D eigenvalue weighted by molar-refractivity contribution is 0.102. The van der Waals surface area contributed by atoms with Crippen LogP contribution in [0.2, 0.25) is 0 Å². The van der Waals surface area contributed by atoms with Crippen molar-refractivity contribution in [1.82, 2.24) is 25.1 Å². The molecule has 0 unspecified atom stereocenters. The zero-order chi connectivity index (χ0) is 22.8. The Kier molecular flexibility index (Phi) is 6.11. The molecular weight excluding hydrogens is 440 g/mol. The van der Waals surface area contributed by atoms with Crippen LogP contribution >= 0.6 is 0 Å². The van der Waals surface area contributed by atoms with Crippen LogP contribution in [0.15, 0.2) is 48.0 Å². The Hall–Kier alpha value is -2.85. The van der Waals surface area contributed by atoms with Gasteiger partial charge in [-0.2, -0.15) is 5.10 Å². The minimum absolute atomic E-state index is 0.235. The maximum Gasteiger partial charge on any atom is 0.225 e. The summed E-state index contributed by atoms with van der Waals surface area (Å²) in [6.45, 7) is 3.11. The van der Waals surface area contributed by atoms with Crippen LogP contribution < -0.4 is 4.90 Å². The van der Waals surface area contributed by atoms with E-state index in [-0.39, 0.29) is 4.90 Å². The van der Waals surface area contributed by atoms with Gasteiger partial charge >= 0.3 is 0 Å². The first kappa shape index (κ1) is 22.0. The van der Waals surface area contributed by atoms with E-state index in [2.05, 4.69) is 30.0 Å². The number of piperidine rings is 1. The summed E-state index contributed by atoms with van der Waals surface area (Å²) in [6, 6.07) is 3.31. The van der Waals surface area contributed by atoms with Crippen LogP contribution in [0.4, 0.5) is 5.95 Å². The minimum atomic E-state index is -3.21. The Balaban J connectivity index is 1.04. The lowest BCUT2D eigenvalue weighted by Crippen LogP contribution is -2.35. The molecule has 1 aliphatic carbocycles. The topological polar surface area (TPSA) is 114 Å². The molecule has 1 N–H and O–H groups in total. The van der Waals surface area contributed by atoms with Gasteiger partial charge in [0.1, 0.15) is 0 Å². The van der Waals surface area contributed by atoms with Gasteiger partial charge in [-0.15, -0.1) is 0 Å². The molecule has 2 atom stereocenters. The fourth-order valence-corrected chi connectivity index (χ4v) is 5.20. The summed E-state index contributed by atoms with van der Waals surface area (Å²) in [6.07, 6.45) is 13.4. The van der Waals surface area contributed by atoms with E-state index < -0.39 is 9.84 Å². The Morgan fingerprint density at radius 3 is 2.48 bits per heavy atom. The second kappa shape index (κ2) is 9.18. The van der Waals surface area contributed by atoms with Crippen molar-refractivity contribution < 1.29 is 13.2 Å². The molecule has 9 nitrogen and oxygen atoms in total. The Bertz CT molecular complexity index is 1160. The van der Waals surface area contributed by atoms with E-state index >= 15 is 0 Å². The molecule has 0 aromatic carbocycles. The Labute approximate surface area is 193 Å². The molecule has 1 aliphatic heterocycles. The molecule has 1 saturated heterocycles. The number of rotatable bonds is 8. The number of anilines is 1. The quantitative estimate of drug-likeness (QED) is 0.537. The van der Waals surface area contributed by atoms with Gasteiger partial charge in [0.25, 0.3) is 0 Å². The van der Waals surface area contributed by atoms with Gasteiger partial charge in [0.2, 0.25) is 5.95 Å². The number of pyridine rings is 1. The van der Waals surface area contributed by atoms with Crippen molar-refractivity contribution >= 4 is 15.8 Å². The van der Waals surface area contributed by atoms with E-state index in [1.165, 1.54) is 18.9 Å². The zero-order valence-electron chi connectivity index (χ0n) is 18.6. The maximum absolute atomic E-state index is 11.5. The monoisotopic (exact) mass is 468 g/mol. The van der Waals surface area contributed by atoms with E-state index in [0.29, 0.717) is 12.5 Å². The number of hydrogen-bond acceptors (Lipinski definition) is 8. The van der Waals surface area contributed by atoms with Crippen LogP contribution in [0.25, 0.3) is 11.1 Å². The third kappa shape index (κ3) is 5.22. The molecule has 1 saturated carbocycles. The van der Waals surface area contributed by atoms with E-state index in [4.69, 9.17) is 4.74 Å². The van der Waals surface area contributed by atoms with Gasteiger partial charge < -0.3 is 9.64 Å². The molecule has 0 amide bonds. The molecule has 3 aromatic heterocycles. The Morgan fingerprint density at radius 2 is 1.85 bits per heavy atom. The maximum atomic E-state index is 11.5. The van der Waals surface area contributed by atoms with Crippen molar-refractivity contribution in [3.8, 4) is 11.1 Å². The second-order valence-electron chi connectivity index (χ2n) is 9.02. The van der Waals surface area contributed by atoms with Gasteiger partial charge in [0.05, 0.1) is 30.0 Å². The molecular formula is C23H28N6O3S. The molecule has 0 bridgehead atoms. The van der Waals surface area contributed by atoms with Crippen LogP contribution in [-0.4, -0.2) is 59.5 Å². The SMILES string of the molecule is CS(=O)(=O)c1ccc(COC[C@@H]2C[C@@H]2C2CCN(c3ncc(-c4cn[nH]c4)cn3)CC2)nc1. The third-order valence-electron chi connectivity index (χ3n) is 6.68. The number of nitrogens with one attached hydrogen (secondary N) is 1. The number of nitrogens with zero attached hydrogens (tertiary/aromatic N) is 5. The molecule has 0 radical (unpaired) electrons. The highest BCUT2D eigenvalue weighted by Gasteiger charge is 2.43. The number of hydrogen-bond donors (Lipinski definition) is 1. The smallest absolute Gasteiger partial charge is 0.225 e. The zero-order valence-corrected chi connectivity index (χ0v) is 19.4. The predicted octanol–water partition coefficient (Wildman–Crippen LogP) is 2.73. The van der Waals surface area contributed by atoms with Gasteiger partial charge in [-0.05, 0) is 49.1 Å². The van der Waals surface area contributed by atoms with Gasteiger partial charge in [0, 0.05) is 55.3 Å². The summed E-state index contributed by atoms with van der Waals surface area (Å²) in [7, 11) is -3.21. The van der Waals surface area contributed by atoms with Crippen molar-refractivity contribution in [3.63, 3.8) is 0 Å². The molecule has 4 heterocycles. The highest BCUT2D eigenvalue weighted by Crippen LogP contribution is 2.48. The van der Waals surface area contributed by atoms with Crippen molar-refractivity contribution in [2.24, 2.45) is 17.8 Å². The summed E-state index contributed by atoms with van der Waals surface area (Å²) in [5.41, 5.74) is 2.71. The molecule has 3 aromatic rings. The van der Waals surface area contributed by atoms with E-state index in [1.54, 1.807) is 18.3 Å². The number of sulfone groups is 1. The van der Waals surface area contributed by atoms with E-state index in [1.807, 2.05) is 18.6 Å². The summed E-state index contributed by atoms with van der Waals surface area (Å²) in [5.74, 6) is 2.87. The summed E-state index contributed by atoms with van der Waals surface area (Å²) in [4.78, 5) is 15.8. The van der Waals surface area contributed by atoms with Gasteiger partial charge in [0.15, 0.2) is 9.84 Å². The van der Waals surface area contributed by atoms with Crippen molar-refractivity contribution in [2.45, 2.75) is 30.8 Å². The molecule has 5 rings (SSSR count). The average molecular weight is 469 g/mol. The standard InChI is InChI=1S/C23H28N6O3S/c1-33(30,31)21-3-2-20(24-13-21)15-32-14-17-8-22(17)16-4-6-29(7-5-16)23-25-9-18(10-26-23)19-11-27-28-12-19/h2-3,9-13,16-17,22H,4-8,14-15H2,1H3,(H,27,28)/t17-,22+/m0/s1. The highest BCUT2D eigenvalue weighted by atomic mass is 32.2. The molecule has 0 spiro atoms. The van der Waals surface area contributed by atoms with Gasteiger partial charge in [-0.1, -0.05) is 0 Å². The molecule has 2 fully saturated rings. The fourth-order valence-electron chi connectivity index (χ4n) is 4.64. The number of H-pyrrole nitrogens is 1. The van der Waals surface area contributed by atoms with Crippen molar-refractivity contribution in [3.05, 3.63) is 48.8 Å². The van der Waals surface area contributed by atoms with Crippen LogP contribution in [0.5, 0.6) is 0 Å². The van der Waals surface area contributed by atoms with E-state index in [0.717, 1.165) is 67.1 Å². The normalized spacial score (nSPS) is 21.3. The van der Waals surface area contributed by atoms with Gasteiger partial charge in [-0.3, -0.25) is 10.1 Å². The first-order valence-corrected chi connectivity index (χ1v) is 13.2. The van der Waals surface area contributed by atoms with Crippen molar-refractivity contribution in [2.75, 3.05) is 30.9 Å². The van der Waals surface area contributed by atoms with Crippen molar-refractivity contribution in [1.29, 1.82) is 0 Å². The second-order valence-corrected chi connectivity index (χ2v) is 11.0. The largest absolute Gasteiger partial charge is 0.375 e. The van der Waals surface area contributed by atoms with Crippen LogP contribution in [0.1, 0.15) is 25.0 Å². The lowest BCUT2D eigenvalue weighted by atomic mass is 9.91. The predicted molar refractivity (Wildman–Crippen MR) is 123 cm³/mol. The van der Waals surface area contributed by atoms with E-state index in [9.17, 15) is 8.42 Å². The number of ether oxygens (including phenoxy) is 1. The fraction of sp³-hybridized carbons (Fsp3) is 0.478. The minimum Gasteiger partial charge on any atom is -0.375 e. The first-order chi connectivity index (χ1) is 16.0. The highest BCUT2D eigenvalue weighted by molar-refractivity contribution is 7.90. The summed E-state index contributed by atoms with van der Waals surface area (Å²) in [5, 5.41) is 6.78. The van der Waals surface area contributed by atoms with Crippen LogP contribution in [0.3, 0.4) is 0 Å². The lowest BCUT2D eigenvalue weighted by Gasteiger charge is -2.32. The summed E-state index contributed by atoms with van der Waals surface area (Å²) >= 11 is 0. The van der Waals surface area contributed by atoms with Crippen LogP contribution in [-0.2, 0) is 21.2 Å². The average Bonchev–Trinajstić information content (AvgIpc) is 3.38. The number of aromatic amines is 1. The molecule has 33 heavy (non-hydrogen) atoms. The first-order valence-electron chi connectivity index (χ1n) is 11.3. The van der Waals surface area contributed by atoms with Gasteiger partial charge in [-0.25, -0.2) is 18.4 Å².